The van der Waals surface area contributed by atoms with Crippen LogP contribution in [0.3, 0.4) is 0 Å². The summed E-state index contributed by atoms with van der Waals surface area (Å²) in [5, 5.41) is 4.46. The first-order valence-electron chi connectivity index (χ1n) is 6.52. The molecule has 0 aromatic heterocycles. The Bertz CT molecular complexity index is 459. The van der Waals surface area contributed by atoms with Crippen molar-refractivity contribution in [2.75, 3.05) is 7.05 Å². The number of carbonyl (C=O) groups is 2. The van der Waals surface area contributed by atoms with Crippen molar-refractivity contribution in [3.63, 3.8) is 0 Å². The number of amides is 3. The number of ether oxygens (including phenoxy) is 1. The third-order valence-electron chi connectivity index (χ3n) is 2.89. The second kappa shape index (κ2) is 7.49. The van der Waals surface area contributed by atoms with E-state index in [9.17, 15) is 9.59 Å². The Hall–Kier alpha value is -2.08. The van der Waals surface area contributed by atoms with Gasteiger partial charge >= 0.3 is 6.03 Å². The number of carbonyl (C=O) groups excluding carboxylic acids is 2. The molecule has 6 nitrogen and oxygen atoms in total. The Kier molecular flexibility index (Phi) is 5.99. The molecule has 1 rings (SSSR count). The molecule has 2 atom stereocenters. The maximum absolute atomic E-state index is 11.6. The number of benzene rings is 1. The molecule has 4 N–H and O–H groups in total. The average Bonchev–Trinajstić information content (AvgIpc) is 2.46. The zero-order chi connectivity index (χ0) is 15.1. The zero-order valence-electron chi connectivity index (χ0n) is 12.0. The Labute approximate surface area is 118 Å². The van der Waals surface area contributed by atoms with Crippen LogP contribution in [0.2, 0.25) is 0 Å². The zero-order valence-corrected chi connectivity index (χ0v) is 12.0. The minimum Gasteiger partial charge on any atom is -0.481 e. The predicted octanol–water partition coefficient (Wildman–Crippen LogP) is 1.32. The van der Waals surface area contributed by atoms with Crippen molar-refractivity contribution in [2.45, 2.75) is 32.4 Å². The fourth-order valence-corrected chi connectivity index (χ4v) is 1.56. The van der Waals surface area contributed by atoms with E-state index in [0.717, 1.165) is 12.0 Å². The van der Waals surface area contributed by atoms with Crippen LogP contribution in [0, 0.1) is 0 Å². The quantitative estimate of drug-likeness (QED) is 0.757. The molecule has 0 radical (unpaired) electrons. The van der Waals surface area contributed by atoms with Crippen LogP contribution in [-0.2, 0) is 4.79 Å². The molecule has 6 heteroatoms. The van der Waals surface area contributed by atoms with Crippen LogP contribution in [0.25, 0.3) is 0 Å². The van der Waals surface area contributed by atoms with E-state index in [2.05, 4.69) is 10.6 Å². The highest BCUT2D eigenvalue weighted by Crippen LogP contribution is 2.19. The molecule has 1 aromatic rings. The minimum atomic E-state index is -0.766. The highest BCUT2D eigenvalue weighted by Gasteiger charge is 2.16. The van der Waals surface area contributed by atoms with Gasteiger partial charge in [-0.05, 0) is 31.0 Å². The van der Waals surface area contributed by atoms with Crippen LogP contribution in [0.1, 0.15) is 31.9 Å². The maximum Gasteiger partial charge on any atom is 0.321 e. The third-order valence-corrected chi connectivity index (χ3v) is 2.89. The first kappa shape index (κ1) is 16.0. The fraction of sp³-hybridized carbons (Fsp3) is 0.429. The Morgan fingerprint density at radius 3 is 2.40 bits per heavy atom. The predicted molar refractivity (Wildman–Crippen MR) is 76.3 cm³/mol. The SMILES string of the molecule is CC[C@H](N)c1ccc(OC(C)C(=O)NC(=O)NC)cc1. The summed E-state index contributed by atoms with van der Waals surface area (Å²) in [6, 6.07) is 6.69. The summed E-state index contributed by atoms with van der Waals surface area (Å²) >= 11 is 0. The van der Waals surface area contributed by atoms with Crippen molar-refractivity contribution in [1.82, 2.24) is 10.6 Å². The smallest absolute Gasteiger partial charge is 0.321 e. The van der Waals surface area contributed by atoms with Crippen molar-refractivity contribution >= 4 is 11.9 Å². The first-order valence-corrected chi connectivity index (χ1v) is 6.52. The number of hydrogen-bond acceptors (Lipinski definition) is 4. The Morgan fingerprint density at radius 1 is 1.30 bits per heavy atom. The molecule has 0 saturated heterocycles. The summed E-state index contributed by atoms with van der Waals surface area (Å²) in [5.74, 6) is 0.0512. The van der Waals surface area contributed by atoms with Crippen LogP contribution >= 0.6 is 0 Å². The third kappa shape index (κ3) is 4.55. The van der Waals surface area contributed by atoms with E-state index in [0.29, 0.717) is 5.75 Å². The van der Waals surface area contributed by atoms with E-state index in [1.807, 2.05) is 19.1 Å². The largest absolute Gasteiger partial charge is 0.481 e. The average molecular weight is 279 g/mol. The number of nitrogens with one attached hydrogen (secondary N) is 2. The van der Waals surface area contributed by atoms with E-state index in [-0.39, 0.29) is 6.04 Å². The Balaban J connectivity index is 2.59. The van der Waals surface area contributed by atoms with Gasteiger partial charge in [-0.2, -0.15) is 0 Å². The molecule has 0 bridgehead atoms. The van der Waals surface area contributed by atoms with Crippen molar-refractivity contribution in [3.05, 3.63) is 29.8 Å². The highest BCUT2D eigenvalue weighted by atomic mass is 16.5. The monoisotopic (exact) mass is 279 g/mol. The van der Waals surface area contributed by atoms with Gasteiger partial charge < -0.3 is 15.8 Å². The van der Waals surface area contributed by atoms with Crippen LogP contribution in [0.15, 0.2) is 24.3 Å². The normalized spacial score (nSPS) is 13.2. The number of rotatable bonds is 5. The minimum absolute atomic E-state index is 0.00183. The lowest BCUT2D eigenvalue weighted by Crippen LogP contribution is -2.43. The summed E-state index contributed by atoms with van der Waals surface area (Å²) in [6.45, 7) is 3.59. The van der Waals surface area contributed by atoms with Gasteiger partial charge in [0.2, 0.25) is 0 Å². The van der Waals surface area contributed by atoms with Gasteiger partial charge in [0, 0.05) is 13.1 Å². The molecular weight excluding hydrogens is 258 g/mol. The van der Waals surface area contributed by atoms with Crippen molar-refractivity contribution in [2.24, 2.45) is 5.73 Å². The van der Waals surface area contributed by atoms with E-state index in [1.165, 1.54) is 7.05 Å². The van der Waals surface area contributed by atoms with Gasteiger partial charge in [-0.3, -0.25) is 10.1 Å². The molecule has 0 heterocycles. The Morgan fingerprint density at radius 2 is 1.90 bits per heavy atom. The molecule has 0 aliphatic rings. The molecule has 20 heavy (non-hydrogen) atoms. The number of nitrogens with two attached hydrogens (primary N) is 1. The van der Waals surface area contributed by atoms with Crippen LogP contribution in [0.5, 0.6) is 5.75 Å². The van der Waals surface area contributed by atoms with E-state index < -0.39 is 18.0 Å². The summed E-state index contributed by atoms with van der Waals surface area (Å²) in [7, 11) is 1.43. The maximum atomic E-state index is 11.6. The van der Waals surface area contributed by atoms with Gasteiger partial charge in [-0.15, -0.1) is 0 Å². The van der Waals surface area contributed by atoms with Crippen molar-refractivity contribution < 1.29 is 14.3 Å². The molecule has 1 aromatic carbocycles. The molecule has 0 saturated carbocycles. The lowest BCUT2D eigenvalue weighted by Gasteiger charge is -2.15. The molecular formula is C14H21N3O3. The van der Waals surface area contributed by atoms with E-state index in [1.54, 1.807) is 19.1 Å². The molecule has 0 spiro atoms. The first-order chi connectivity index (χ1) is 9.47. The lowest BCUT2D eigenvalue weighted by molar-refractivity contribution is -0.126. The van der Waals surface area contributed by atoms with Crippen LogP contribution in [0.4, 0.5) is 4.79 Å². The van der Waals surface area contributed by atoms with Gasteiger partial charge in [0.15, 0.2) is 6.10 Å². The summed E-state index contributed by atoms with van der Waals surface area (Å²) < 4.78 is 5.46. The molecule has 0 fully saturated rings. The summed E-state index contributed by atoms with van der Waals surface area (Å²) in [5.41, 5.74) is 6.93. The standard InChI is InChI=1S/C14H21N3O3/c1-4-12(15)10-5-7-11(8-6-10)20-9(2)13(18)17-14(19)16-3/h5-9,12H,4,15H2,1-3H3,(H2,16,17,18,19)/t9?,12-/m0/s1. The second-order valence-electron chi connectivity index (χ2n) is 4.41. The molecule has 0 aliphatic heterocycles. The molecule has 110 valence electrons. The van der Waals surface area contributed by atoms with Gasteiger partial charge in [-0.25, -0.2) is 4.79 Å². The van der Waals surface area contributed by atoms with E-state index in [4.69, 9.17) is 10.5 Å². The highest BCUT2D eigenvalue weighted by molar-refractivity contribution is 5.96. The van der Waals surface area contributed by atoms with Crippen molar-refractivity contribution in [3.8, 4) is 5.75 Å². The molecule has 1 unspecified atom stereocenters. The van der Waals surface area contributed by atoms with Gasteiger partial charge in [0.1, 0.15) is 5.75 Å². The van der Waals surface area contributed by atoms with Crippen LogP contribution < -0.4 is 21.1 Å². The van der Waals surface area contributed by atoms with E-state index >= 15 is 0 Å². The number of urea groups is 1. The van der Waals surface area contributed by atoms with Gasteiger partial charge in [-0.1, -0.05) is 19.1 Å². The summed E-state index contributed by atoms with van der Waals surface area (Å²) in [4.78, 5) is 22.6. The van der Waals surface area contributed by atoms with Crippen molar-refractivity contribution in [1.29, 1.82) is 0 Å². The topological polar surface area (TPSA) is 93.4 Å². The van der Waals surface area contributed by atoms with Crippen LogP contribution in [-0.4, -0.2) is 25.1 Å². The fourth-order valence-electron chi connectivity index (χ4n) is 1.56. The van der Waals surface area contributed by atoms with Gasteiger partial charge in [0.05, 0.1) is 0 Å². The lowest BCUT2D eigenvalue weighted by atomic mass is 10.1. The molecule has 0 aliphatic carbocycles. The number of imide groups is 1. The summed E-state index contributed by atoms with van der Waals surface area (Å²) in [6.07, 6.45) is 0.0866. The molecule has 3 amide bonds. The second-order valence-corrected chi connectivity index (χ2v) is 4.41. The number of hydrogen-bond donors (Lipinski definition) is 3. The van der Waals surface area contributed by atoms with Gasteiger partial charge in [0.25, 0.3) is 5.91 Å².